The molecule has 0 aromatic heterocycles. The Morgan fingerprint density at radius 2 is 1.89 bits per heavy atom. The fraction of sp³-hybridized carbons (Fsp3) is 0.846. The highest BCUT2D eigenvalue weighted by atomic mass is 16.4. The van der Waals surface area contributed by atoms with Gasteiger partial charge in [-0.2, -0.15) is 0 Å². The van der Waals surface area contributed by atoms with E-state index in [0.29, 0.717) is 6.04 Å². The molecular formula is C13H22N2O3. The summed E-state index contributed by atoms with van der Waals surface area (Å²) >= 11 is 0. The van der Waals surface area contributed by atoms with E-state index >= 15 is 0 Å². The zero-order valence-corrected chi connectivity index (χ0v) is 10.9. The van der Waals surface area contributed by atoms with Crippen molar-refractivity contribution in [3.63, 3.8) is 0 Å². The van der Waals surface area contributed by atoms with Crippen LogP contribution in [0.25, 0.3) is 0 Å². The van der Waals surface area contributed by atoms with Crippen molar-refractivity contribution in [2.24, 2.45) is 0 Å². The van der Waals surface area contributed by atoms with Crippen LogP contribution in [0.1, 0.15) is 45.4 Å². The highest BCUT2D eigenvalue weighted by Gasteiger charge is 2.39. The molecule has 0 radical (unpaired) electrons. The van der Waals surface area contributed by atoms with Crippen LogP contribution in [-0.2, 0) is 9.59 Å². The second-order valence-electron chi connectivity index (χ2n) is 5.46. The first-order valence-corrected chi connectivity index (χ1v) is 6.82. The van der Waals surface area contributed by atoms with E-state index in [1.54, 1.807) is 0 Å². The number of carboxylic acid groups (broad SMARTS) is 1. The van der Waals surface area contributed by atoms with Crippen molar-refractivity contribution in [3.05, 3.63) is 0 Å². The van der Waals surface area contributed by atoms with Gasteiger partial charge in [0.25, 0.3) is 0 Å². The average molecular weight is 254 g/mol. The zero-order chi connectivity index (χ0) is 13.1. The van der Waals surface area contributed by atoms with Gasteiger partial charge in [0, 0.05) is 25.0 Å². The fourth-order valence-corrected chi connectivity index (χ4v) is 3.02. The lowest BCUT2D eigenvalue weighted by Gasteiger charge is -2.39. The normalized spacial score (nSPS) is 28.1. The first kappa shape index (κ1) is 13.3. The number of hydrogen-bond acceptors (Lipinski definition) is 3. The molecule has 0 aromatic rings. The average Bonchev–Trinajstić information content (AvgIpc) is 3.09. The molecule has 2 aliphatic carbocycles. The van der Waals surface area contributed by atoms with Crippen LogP contribution < -0.4 is 5.32 Å². The third-order valence-corrected chi connectivity index (χ3v) is 3.88. The fourth-order valence-electron chi connectivity index (χ4n) is 3.02. The molecule has 0 unspecified atom stereocenters. The first-order valence-electron chi connectivity index (χ1n) is 6.82. The van der Waals surface area contributed by atoms with Gasteiger partial charge in [-0.1, -0.05) is 12.8 Å². The summed E-state index contributed by atoms with van der Waals surface area (Å²) in [6.07, 6.45) is 6.39. The van der Waals surface area contributed by atoms with E-state index < -0.39 is 5.97 Å². The van der Waals surface area contributed by atoms with Gasteiger partial charge in [-0.3, -0.25) is 14.5 Å². The summed E-state index contributed by atoms with van der Waals surface area (Å²) in [5.41, 5.74) is 0. The molecule has 102 valence electrons. The van der Waals surface area contributed by atoms with Crippen LogP contribution in [0.5, 0.6) is 0 Å². The molecule has 5 nitrogen and oxygen atoms in total. The number of carboxylic acids is 1. The Balaban J connectivity index is 2.04. The van der Waals surface area contributed by atoms with Gasteiger partial charge in [0.2, 0.25) is 5.91 Å². The van der Waals surface area contributed by atoms with E-state index in [9.17, 15) is 9.59 Å². The van der Waals surface area contributed by atoms with Crippen LogP contribution in [-0.4, -0.2) is 46.6 Å². The molecule has 2 aliphatic rings. The number of nitrogens with zero attached hydrogens (tertiary/aromatic N) is 1. The quantitative estimate of drug-likeness (QED) is 0.767. The van der Waals surface area contributed by atoms with Crippen molar-refractivity contribution in [1.82, 2.24) is 10.2 Å². The van der Waals surface area contributed by atoms with Gasteiger partial charge in [-0.25, -0.2) is 0 Å². The van der Waals surface area contributed by atoms with Crippen molar-refractivity contribution < 1.29 is 14.7 Å². The monoisotopic (exact) mass is 254 g/mol. The minimum Gasteiger partial charge on any atom is -0.480 e. The highest BCUT2D eigenvalue weighted by Crippen LogP contribution is 2.33. The minimum absolute atomic E-state index is 0.0158. The Kier molecular flexibility index (Phi) is 4.22. The molecule has 1 amide bonds. The molecular weight excluding hydrogens is 232 g/mol. The van der Waals surface area contributed by atoms with E-state index in [1.807, 2.05) is 0 Å². The van der Waals surface area contributed by atoms with Crippen molar-refractivity contribution in [1.29, 1.82) is 0 Å². The summed E-state index contributed by atoms with van der Waals surface area (Å²) in [6, 6.07) is 0.739. The smallest absolute Gasteiger partial charge is 0.317 e. The number of carbonyl (C=O) groups excluding carboxylic acids is 1. The number of carbonyl (C=O) groups is 2. The van der Waals surface area contributed by atoms with Crippen LogP contribution in [0.4, 0.5) is 0 Å². The maximum Gasteiger partial charge on any atom is 0.317 e. The van der Waals surface area contributed by atoms with E-state index in [-0.39, 0.29) is 24.5 Å². The van der Waals surface area contributed by atoms with Crippen LogP contribution in [0.2, 0.25) is 0 Å². The third kappa shape index (κ3) is 3.45. The molecule has 2 atom stereocenters. The van der Waals surface area contributed by atoms with E-state index in [0.717, 1.165) is 38.5 Å². The summed E-state index contributed by atoms with van der Waals surface area (Å²) in [4.78, 5) is 24.3. The van der Waals surface area contributed by atoms with Gasteiger partial charge in [-0.15, -0.1) is 0 Å². The molecule has 5 heteroatoms. The number of aliphatic carboxylic acids is 1. The lowest BCUT2D eigenvalue weighted by Crippen LogP contribution is -2.54. The lowest BCUT2D eigenvalue weighted by atomic mass is 9.88. The summed E-state index contributed by atoms with van der Waals surface area (Å²) in [5.74, 6) is -0.785. The Bertz CT molecular complexity index is 328. The van der Waals surface area contributed by atoms with Crippen molar-refractivity contribution in [3.8, 4) is 0 Å². The van der Waals surface area contributed by atoms with E-state index in [2.05, 4.69) is 10.2 Å². The second kappa shape index (κ2) is 5.69. The molecule has 0 bridgehead atoms. The summed E-state index contributed by atoms with van der Waals surface area (Å²) in [6.45, 7) is 1.63. The molecule has 0 aliphatic heterocycles. The lowest BCUT2D eigenvalue weighted by molar-refractivity contribution is -0.139. The minimum atomic E-state index is -0.769. The molecule has 0 spiro atoms. The van der Waals surface area contributed by atoms with Gasteiger partial charge < -0.3 is 10.4 Å². The predicted molar refractivity (Wildman–Crippen MR) is 67.2 cm³/mol. The highest BCUT2D eigenvalue weighted by molar-refractivity contribution is 5.73. The molecule has 0 aromatic carbocycles. The maximum atomic E-state index is 11.2. The Morgan fingerprint density at radius 1 is 1.22 bits per heavy atom. The Labute approximate surface area is 108 Å². The molecule has 0 saturated heterocycles. The van der Waals surface area contributed by atoms with E-state index in [4.69, 9.17) is 5.11 Å². The third-order valence-electron chi connectivity index (χ3n) is 3.88. The van der Waals surface area contributed by atoms with Gasteiger partial charge in [0.15, 0.2) is 0 Å². The van der Waals surface area contributed by atoms with Crippen molar-refractivity contribution in [2.45, 2.75) is 63.6 Å². The molecule has 18 heavy (non-hydrogen) atoms. The summed E-state index contributed by atoms with van der Waals surface area (Å²) in [7, 11) is 0. The van der Waals surface area contributed by atoms with E-state index in [1.165, 1.54) is 6.92 Å². The Morgan fingerprint density at radius 3 is 2.44 bits per heavy atom. The number of amides is 1. The maximum absolute atomic E-state index is 11.2. The van der Waals surface area contributed by atoms with Crippen molar-refractivity contribution >= 4 is 11.9 Å². The molecule has 2 N–H and O–H groups in total. The summed E-state index contributed by atoms with van der Waals surface area (Å²) < 4.78 is 0. The second-order valence-corrected chi connectivity index (χ2v) is 5.46. The largest absolute Gasteiger partial charge is 0.480 e. The van der Waals surface area contributed by atoms with Crippen LogP contribution in [0.3, 0.4) is 0 Å². The topological polar surface area (TPSA) is 69.6 Å². The van der Waals surface area contributed by atoms with Crippen LogP contribution in [0.15, 0.2) is 0 Å². The number of nitrogens with one attached hydrogen (secondary N) is 1. The van der Waals surface area contributed by atoms with Crippen molar-refractivity contribution in [2.75, 3.05) is 6.54 Å². The standard InChI is InChI=1S/C13H22N2O3/c1-9(16)14-11-4-2-3-5-12(11)15(8-13(17)18)10-6-7-10/h10-12H,2-8H2,1H3,(H,14,16)(H,17,18)/t11-,12+/m0/s1. The predicted octanol–water partition coefficient (Wildman–Crippen LogP) is 0.983. The molecule has 2 saturated carbocycles. The summed E-state index contributed by atoms with van der Waals surface area (Å²) in [5, 5.41) is 12.0. The first-order chi connectivity index (χ1) is 8.58. The van der Waals surface area contributed by atoms with Crippen LogP contribution in [0, 0.1) is 0 Å². The Hall–Kier alpha value is -1.10. The van der Waals surface area contributed by atoms with Gasteiger partial charge >= 0.3 is 5.97 Å². The SMILES string of the molecule is CC(=O)N[C@H]1CCCC[C@H]1N(CC(=O)O)C1CC1. The van der Waals surface area contributed by atoms with Gasteiger partial charge in [0.05, 0.1) is 6.54 Å². The molecule has 2 fully saturated rings. The van der Waals surface area contributed by atoms with Gasteiger partial charge in [-0.05, 0) is 25.7 Å². The number of rotatable bonds is 5. The molecule has 0 heterocycles. The number of hydrogen-bond donors (Lipinski definition) is 2. The molecule has 2 rings (SSSR count). The van der Waals surface area contributed by atoms with Gasteiger partial charge in [0.1, 0.15) is 0 Å². The van der Waals surface area contributed by atoms with Crippen LogP contribution >= 0.6 is 0 Å². The zero-order valence-electron chi connectivity index (χ0n) is 10.9.